The zero-order valence-electron chi connectivity index (χ0n) is 51.3. The molecule has 0 radical (unpaired) electrons. The van der Waals surface area contributed by atoms with Gasteiger partial charge in [-0.05, 0) is 180 Å². The molecule has 9 nitrogen and oxygen atoms in total. The highest BCUT2D eigenvalue weighted by Crippen LogP contribution is 2.45. The fourth-order valence-electron chi connectivity index (χ4n) is 6.08. The van der Waals surface area contributed by atoms with Gasteiger partial charge in [0.05, 0.1) is 32.7 Å². The Morgan fingerprint density at radius 2 is 0.787 bits per heavy atom. The van der Waals surface area contributed by atoms with E-state index in [0.717, 1.165) is 96.3 Å². The van der Waals surface area contributed by atoms with Crippen molar-refractivity contribution in [2.24, 2.45) is 0 Å². The molecular weight excluding hydrogens is 1720 g/mol. The molecule has 0 saturated heterocycles. The highest BCUT2D eigenvalue weighted by Gasteiger charge is 2.57. The maximum Gasteiger partial charge on any atom is 0.422 e. The zero-order chi connectivity index (χ0) is 75.2. The average molecular weight is 1780 g/mol. The lowest BCUT2D eigenvalue weighted by molar-refractivity contribution is -0.259. The minimum absolute atomic E-state index is 0.0371. The van der Waals surface area contributed by atoms with Crippen molar-refractivity contribution < 1.29 is 122 Å². The Kier molecular flexibility index (Phi) is 36.2. The monoisotopic (exact) mass is 1770 g/mol. The normalized spacial score (nSPS) is 13.0. The molecule has 0 heterocycles. The van der Waals surface area contributed by atoms with E-state index in [-0.39, 0.29) is 43.1 Å². The molecule has 6 rings (SSSR count). The van der Waals surface area contributed by atoms with E-state index < -0.39 is 104 Å². The van der Waals surface area contributed by atoms with Gasteiger partial charge in [0.25, 0.3) is 10.1 Å². The number of hydroxylamine groups is 2. The molecule has 6 aromatic rings. The van der Waals surface area contributed by atoms with E-state index in [1.807, 2.05) is 0 Å². The first kappa shape index (κ1) is 89.5. The highest BCUT2D eigenvalue weighted by atomic mass is 79.9. The second kappa shape index (κ2) is 38.0. The number of ketones is 1. The summed E-state index contributed by atoms with van der Waals surface area (Å²) in [6.07, 6.45) is -18.0. The standard InChI is InChI=1S/C11H10F4O.C10H9BrF4O3S.C10H9BrF4.C9H7BrF4O.C8H6BrFO.C6H3Br2F.C4H9NO2.CH3F/c1-10(2,11(13,14)15)8-3-7(6-16)4-9(12)5-8;1-9(10(13,14)15,18-19(2,16)17)6-3-7(11)5-8(12)4-6;1-9(2,10(13,14)15)6-3-7(11)5-8(12)4-6;1-8(15,9(12,13)14)5-2-6(10)4-7(11)3-5;1-5(11)6-2-7(9)4-8(10)3-6;7-4-1-5(8)3-6(9)2-4;1-4(6)5(2)7-3;1-2/h3-6H,1-2H3;3-5H,1-2H3;3-5H,1-2H3;2-4,15H,1H3;2-4H,1H3;1-3H;1-3H3;1H3/i;;;;;;;1D. The number of Topliss-reactive ketones (excluding diaryl/α,β-unsaturated/α-hetero) is 1. The number of nitrogens with zero attached hydrogens (tertiary/aromatic N) is 1. The van der Waals surface area contributed by atoms with Crippen molar-refractivity contribution >= 4 is 124 Å². The van der Waals surface area contributed by atoms with E-state index in [0.29, 0.717) is 53.0 Å². The molecule has 0 bridgehead atoms. The van der Waals surface area contributed by atoms with Crippen LogP contribution in [0.3, 0.4) is 0 Å². The van der Waals surface area contributed by atoms with Gasteiger partial charge in [-0.25, -0.2) is 35.6 Å². The SMILES string of the molecule is CC(=O)c1cc(F)cc(Br)c1.CC(C)(c1cc(F)cc(Br)c1)C(F)(F)F.CC(C)(c1cc(F)cc(C=O)c1)C(F)(F)F.CC(O)(c1cc(F)cc(Br)c1)C(F)(F)F.CC(OS(C)(=O)=O)(c1cc(F)cc(Br)c1)C(F)(F)F.CON(C)C(C)=O.Fc1cc(Br)cc(Br)c1.[2H]CF. The van der Waals surface area contributed by atoms with Gasteiger partial charge in [-0.2, -0.15) is 61.1 Å². The van der Waals surface area contributed by atoms with Crippen molar-refractivity contribution in [1.82, 2.24) is 5.06 Å². The molecule has 0 aliphatic heterocycles. The molecule has 2 atom stereocenters. The van der Waals surface area contributed by atoms with Crippen LogP contribution in [0.1, 0.15) is 99.7 Å². The van der Waals surface area contributed by atoms with Gasteiger partial charge in [0.2, 0.25) is 11.5 Å². The minimum Gasteiger partial charge on any atom is -0.376 e. The van der Waals surface area contributed by atoms with Crippen molar-refractivity contribution in [3.63, 3.8) is 0 Å². The molecule has 0 fully saturated rings. The Bertz CT molecular complexity index is 3410. The summed E-state index contributed by atoms with van der Waals surface area (Å²) in [7, 11) is -2.39. The summed E-state index contributed by atoms with van der Waals surface area (Å²) in [5.41, 5.74) is -11.7. The number of carbonyl (C=O) groups excluding carboxylic acids is 3. The van der Waals surface area contributed by atoms with Gasteiger partial charge in [0.15, 0.2) is 11.4 Å². The van der Waals surface area contributed by atoms with Crippen molar-refractivity contribution in [3.05, 3.63) is 204 Å². The fourth-order valence-corrected chi connectivity index (χ4v) is 9.97. The Morgan fingerprint density at radius 3 is 1.06 bits per heavy atom. The molecule has 1 N–H and O–H groups in total. The number of aliphatic hydroxyl groups is 1. The van der Waals surface area contributed by atoms with Gasteiger partial charge in [-0.1, -0.05) is 95.6 Å². The second-order valence-corrected chi connectivity index (χ2v) is 27.1. The van der Waals surface area contributed by atoms with Crippen LogP contribution in [0.4, 0.5) is 83.4 Å². The lowest BCUT2D eigenvalue weighted by Gasteiger charge is -2.31. The van der Waals surface area contributed by atoms with Crippen LogP contribution in [-0.2, 0) is 46.0 Å². The first-order valence-corrected chi connectivity index (χ1v) is 31.5. The van der Waals surface area contributed by atoms with Crippen LogP contribution >= 0.6 is 95.6 Å². The van der Waals surface area contributed by atoms with Crippen LogP contribution in [0.2, 0.25) is 0 Å². The molecule has 2 unspecified atom stereocenters. The molecule has 0 aliphatic rings. The third-order valence-corrected chi connectivity index (χ3v) is 15.2. The molecule has 0 spiro atoms. The topological polar surface area (TPSA) is 127 Å². The Hall–Kier alpha value is -4.49. The fraction of sp³-hybridized carbons (Fsp3) is 0.339. The minimum atomic E-state index is -5.04. The smallest absolute Gasteiger partial charge is 0.376 e. The number of carbonyl (C=O) groups is 3. The van der Waals surface area contributed by atoms with Crippen molar-refractivity contribution in [2.45, 2.75) is 102 Å². The second-order valence-electron chi connectivity index (χ2n) is 20.0. The third-order valence-electron chi connectivity index (χ3n) is 11.8. The number of amides is 1. The molecule has 35 heteroatoms. The Labute approximate surface area is 580 Å². The molecule has 94 heavy (non-hydrogen) atoms. The van der Waals surface area contributed by atoms with Gasteiger partial charge in [-0.3, -0.25) is 23.6 Å². The summed E-state index contributed by atoms with van der Waals surface area (Å²) in [6.45, 7) is 7.86. The molecule has 526 valence electrons. The lowest BCUT2D eigenvalue weighted by Crippen LogP contribution is -2.43. The van der Waals surface area contributed by atoms with E-state index in [1.54, 1.807) is 19.2 Å². The number of alkyl halides is 13. The summed E-state index contributed by atoms with van der Waals surface area (Å²) in [4.78, 5) is 35.9. The first-order chi connectivity index (χ1) is 42.7. The maximum atomic E-state index is 13.2. The van der Waals surface area contributed by atoms with Crippen molar-refractivity contribution in [2.75, 3.05) is 27.6 Å². The van der Waals surface area contributed by atoms with Gasteiger partial charge in [-0.15, -0.1) is 0 Å². The van der Waals surface area contributed by atoms with Crippen LogP contribution in [0.25, 0.3) is 0 Å². The van der Waals surface area contributed by atoms with Gasteiger partial charge in [0.1, 0.15) is 41.2 Å². The van der Waals surface area contributed by atoms with Crippen molar-refractivity contribution in [1.29, 1.82) is 0 Å². The van der Waals surface area contributed by atoms with E-state index in [2.05, 4.69) is 105 Å². The maximum absolute atomic E-state index is 13.2. The zero-order valence-corrected chi connectivity index (χ0v) is 60.6. The lowest BCUT2D eigenvalue weighted by atomic mass is 9.83. The van der Waals surface area contributed by atoms with Crippen LogP contribution < -0.4 is 0 Å². The summed E-state index contributed by atoms with van der Waals surface area (Å²) in [5.74, 6) is -4.19. The predicted molar refractivity (Wildman–Crippen MR) is 336 cm³/mol. The number of rotatable bonds is 9. The molecule has 0 saturated carbocycles. The quantitative estimate of drug-likeness (QED) is 0.0498. The predicted octanol–water partition coefficient (Wildman–Crippen LogP) is 21.4. The highest BCUT2D eigenvalue weighted by molar-refractivity contribution is 9.11. The third kappa shape index (κ3) is 30.9. The summed E-state index contributed by atoms with van der Waals surface area (Å²) in [6, 6.07) is 19.9. The number of hydrogen-bond donors (Lipinski definition) is 1. The van der Waals surface area contributed by atoms with Gasteiger partial charge >= 0.3 is 24.7 Å². The van der Waals surface area contributed by atoms with Crippen LogP contribution in [-0.4, -0.2) is 88.8 Å². The van der Waals surface area contributed by atoms with Crippen molar-refractivity contribution in [3.8, 4) is 0 Å². The van der Waals surface area contributed by atoms with Gasteiger partial charge in [0, 0.05) is 51.9 Å². The molecule has 0 aromatic heterocycles. The summed E-state index contributed by atoms with van der Waals surface area (Å²) in [5, 5.41) is 10.4. The van der Waals surface area contributed by atoms with E-state index in [4.69, 9.17) is 1.37 Å². The number of aldehydes is 1. The van der Waals surface area contributed by atoms with E-state index in [1.165, 1.54) is 51.3 Å². The average Bonchev–Trinajstić information content (AvgIpc) is 0.789. The Morgan fingerprint density at radius 1 is 0.489 bits per heavy atom. The van der Waals surface area contributed by atoms with Gasteiger partial charge < -0.3 is 5.11 Å². The largest absolute Gasteiger partial charge is 0.422 e. The van der Waals surface area contributed by atoms with Crippen LogP contribution in [0.5, 0.6) is 0 Å². The van der Waals surface area contributed by atoms with E-state index in [9.17, 15) is 111 Å². The number of benzene rings is 6. The summed E-state index contributed by atoms with van der Waals surface area (Å²) < 4.78 is 273. The van der Waals surface area contributed by atoms with Crippen LogP contribution in [0, 0.1) is 34.9 Å². The molecule has 1 amide bonds. The number of hydrogen-bond acceptors (Lipinski definition) is 8. The molecule has 6 aromatic carbocycles. The first-order valence-electron chi connectivity index (χ1n) is 25.7. The summed E-state index contributed by atoms with van der Waals surface area (Å²) >= 11 is 18.0. The molecular formula is C59H56Br6F19NO8S. The number of halogens is 25. The van der Waals surface area contributed by atoms with Crippen LogP contribution in [0.15, 0.2) is 136 Å². The Balaban J connectivity index is 0. The molecule has 0 aliphatic carbocycles. The van der Waals surface area contributed by atoms with E-state index >= 15 is 0 Å².